The molecule has 0 aromatic heterocycles. The Morgan fingerprint density at radius 1 is 1.16 bits per heavy atom. The van der Waals surface area contributed by atoms with Gasteiger partial charge in [0.25, 0.3) is 11.7 Å². The van der Waals surface area contributed by atoms with Crippen LogP contribution in [0.1, 0.15) is 24.2 Å². The van der Waals surface area contributed by atoms with E-state index in [2.05, 4.69) is 10.6 Å². The number of carbonyl (C=O) groups excluding carboxylic acids is 3. The molecule has 1 aliphatic rings. The summed E-state index contributed by atoms with van der Waals surface area (Å²) in [6.07, 6.45) is 1.07. The van der Waals surface area contributed by atoms with E-state index in [4.69, 9.17) is 14.6 Å². The van der Waals surface area contributed by atoms with Crippen LogP contribution >= 0.6 is 0 Å². The number of nitrogens with one attached hydrogen (secondary N) is 2. The van der Waals surface area contributed by atoms with Crippen LogP contribution in [0.5, 0.6) is 0 Å². The fourth-order valence-corrected chi connectivity index (χ4v) is 1.99. The minimum Gasteiger partial charge on any atom is -0.480 e. The number of ether oxygens (including phenoxy) is 2. The molecular formula is C16H16N2O7. The van der Waals surface area contributed by atoms with Crippen LogP contribution in [0.2, 0.25) is 0 Å². The van der Waals surface area contributed by atoms with Crippen molar-refractivity contribution in [1.82, 2.24) is 5.32 Å². The van der Waals surface area contributed by atoms with Gasteiger partial charge < -0.3 is 25.2 Å². The van der Waals surface area contributed by atoms with Crippen molar-refractivity contribution in [3.8, 4) is 0 Å². The van der Waals surface area contributed by atoms with Crippen LogP contribution in [0.25, 0.3) is 0 Å². The average molecular weight is 348 g/mol. The fourth-order valence-electron chi connectivity index (χ4n) is 1.99. The van der Waals surface area contributed by atoms with Gasteiger partial charge in [-0.15, -0.1) is 0 Å². The number of cyclic esters (lactones) is 2. The van der Waals surface area contributed by atoms with Gasteiger partial charge in [-0.05, 0) is 12.1 Å². The predicted molar refractivity (Wildman–Crippen MR) is 84.4 cm³/mol. The fraction of sp³-hybridized carbons (Fsp3) is 0.250. The molecule has 1 saturated heterocycles. The Kier molecular flexibility index (Phi) is 5.06. The van der Waals surface area contributed by atoms with Crippen LogP contribution in [-0.2, 0) is 23.9 Å². The number of carboxylic acids is 1. The van der Waals surface area contributed by atoms with Crippen LogP contribution < -0.4 is 10.6 Å². The van der Waals surface area contributed by atoms with Crippen molar-refractivity contribution in [2.75, 3.05) is 11.9 Å². The maximum Gasteiger partial charge on any atom is 0.350 e. The second kappa shape index (κ2) is 7.04. The van der Waals surface area contributed by atoms with E-state index in [1.165, 1.54) is 26.0 Å². The molecule has 9 heteroatoms. The lowest BCUT2D eigenvalue weighted by Crippen LogP contribution is -2.42. The molecule has 0 spiro atoms. The number of para-hydroxylation sites is 1. The number of hydrogen-bond acceptors (Lipinski definition) is 7. The Balaban J connectivity index is 2.18. The summed E-state index contributed by atoms with van der Waals surface area (Å²) >= 11 is 0. The molecule has 1 fully saturated rings. The molecule has 0 saturated carbocycles. The van der Waals surface area contributed by atoms with Gasteiger partial charge in [-0.25, -0.2) is 9.59 Å². The molecular weight excluding hydrogens is 332 g/mol. The van der Waals surface area contributed by atoms with Crippen molar-refractivity contribution in [1.29, 1.82) is 0 Å². The Morgan fingerprint density at radius 2 is 1.76 bits per heavy atom. The monoisotopic (exact) mass is 348 g/mol. The van der Waals surface area contributed by atoms with E-state index >= 15 is 0 Å². The summed E-state index contributed by atoms with van der Waals surface area (Å²) in [5.74, 6) is -4.88. The molecule has 9 nitrogen and oxygen atoms in total. The summed E-state index contributed by atoms with van der Waals surface area (Å²) in [6.45, 7) is 2.31. The topological polar surface area (TPSA) is 131 Å². The van der Waals surface area contributed by atoms with Crippen LogP contribution in [0.4, 0.5) is 5.69 Å². The predicted octanol–water partition coefficient (Wildman–Crippen LogP) is 0.633. The molecule has 0 radical (unpaired) electrons. The SMILES string of the molecule is CC1(C)OC(=O)C(=CNc2ccccc2C(=O)NCC(=O)O)C(=O)O1. The van der Waals surface area contributed by atoms with Crippen molar-refractivity contribution in [3.63, 3.8) is 0 Å². The molecule has 132 valence electrons. The van der Waals surface area contributed by atoms with E-state index in [0.717, 1.165) is 6.20 Å². The second-order valence-electron chi connectivity index (χ2n) is 5.50. The average Bonchev–Trinajstić information content (AvgIpc) is 2.51. The first-order valence-electron chi connectivity index (χ1n) is 7.22. The standard InChI is InChI=1S/C16H16N2O7/c1-16(2)24-14(22)10(15(23)25-16)7-17-11-6-4-3-5-9(11)13(21)18-8-12(19)20/h3-7,17H,8H2,1-2H3,(H,18,21)(H,19,20). The Bertz CT molecular complexity index is 746. The number of carbonyl (C=O) groups is 4. The van der Waals surface area contributed by atoms with E-state index in [1.807, 2.05) is 0 Å². The van der Waals surface area contributed by atoms with Gasteiger partial charge in [-0.1, -0.05) is 12.1 Å². The van der Waals surface area contributed by atoms with Crippen molar-refractivity contribution in [2.45, 2.75) is 19.6 Å². The Hall–Kier alpha value is -3.36. The maximum atomic E-state index is 12.0. The van der Waals surface area contributed by atoms with E-state index < -0.39 is 36.1 Å². The summed E-state index contributed by atoms with van der Waals surface area (Å²) in [6, 6.07) is 6.18. The summed E-state index contributed by atoms with van der Waals surface area (Å²) in [7, 11) is 0. The van der Waals surface area contributed by atoms with Gasteiger partial charge in [0.15, 0.2) is 5.57 Å². The van der Waals surface area contributed by atoms with Gasteiger partial charge in [0, 0.05) is 20.0 Å². The van der Waals surface area contributed by atoms with E-state index in [-0.39, 0.29) is 16.8 Å². The molecule has 2 rings (SSSR count). The van der Waals surface area contributed by atoms with Crippen molar-refractivity contribution >= 4 is 29.5 Å². The van der Waals surface area contributed by atoms with Gasteiger partial charge in [0.1, 0.15) is 6.54 Å². The highest BCUT2D eigenvalue weighted by Crippen LogP contribution is 2.23. The van der Waals surface area contributed by atoms with Crippen LogP contribution in [-0.4, -0.2) is 41.3 Å². The van der Waals surface area contributed by atoms with E-state index in [1.54, 1.807) is 12.1 Å². The lowest BCUT2D eigenvalue weighted by atomic mass is 10.1. The largest absolute Gasteiger partial charge is 0.480 e. The van der Waals surface area contributed by atoms with Gasteiger partial charge in [0.05, 0.1) is 11.3 Å². The number of aliphatic carboxylic acids is 1. The summed E-state index contributed by atoms with van der Waals surface area (Å²) < 4.78 is 9.91. The lowest BCUT2D eigenvalue weighted by Gasteiger charge is -2.29. The lowest BCUT2D eigenvalue weighted by molar-refractivity contribution is -0.222. The molecule has 25 heavy (non-hydrogen) atoms. The highest BCUT2D eigenvalue weighted by Gasteiger charge is 2.39. The van der Waals surface area contributed by atoms with Gasteiger partial charge in [-0.3, -0.25) is 9.59 Å². The third-order valence-electron chi connectivity index (χ3n) is 3.06. The molecule has 1 amide bonds. The normalized spacial score (nSPS) is 15.7. The summed E-state index contributed by atoms with van der Waals surface area (Å²) in [5.41, 5.74) is 0.0434. The molecule has 0 atom stereocenters. The summed E-state index contributed by atoms with van der Waals surface area (Å²) in [5, 5.41) is 13.5. The van der Waals surface area contributed by atoms with Crippen LogP contribution in [0, 0.1) is 0 Å². The number of anilines is 1. The first-order valence-corrected chi connectivity index (χ1v) is 7.22. The zero-order valence-corrected chi connectivity index (χ0v) is 13.5. The van der Waals surface area contributed by atoms with E-state index in [9.17, 15) is 19.2 Å². The van der Waals surface area contributed by atoms with Crippen molar-refractivity contribution in [2.24, 2.45) is 0 Å². The van der Waals surface area contributed by atoms with Crippen molar-refractivity contribution < 1.29 is 33.8 Å². The minimum absolute atomic E-state index is 0.137. The number of esters is 2. The number of carboxylic acid groups (broad SMARTS) is 1. The number of benzene rings is 1. The molecule has 1 aliphatic heterocycles. The van der Waals surface area contributed by atoms with Crippen molar-refractivity contribution in [3.05, 3.63) is 41.6 Å². The molecule has 0 bridgehead atoms. The minimum atomic E-state index is -1.35. The van der Waals surface area contributed by atoms with Crippen LogP contribution in [0.15, 0.2) is 36.0 Å². The summed E-state index contributed by atoms with van der Waals surface area (Å²) in [4.78, 5) is 46.3. The molecule has 0 aliphatic carbocycles. The first-order chi connectivity index (χ1) is 11.7. The third-order valence-corrected chi connectivity index (χ3v) is 3.06. The molecule has 1 aromatic rings. The van der Waals surface area contributed by atoms with Crippen LogP contribution in [0.3, 0.4) is 0 Å². The zero-order valence-electron chi connectivity index (χ0n) is 13.5. The quantitative estimate of drug-likeness (QED) is 0.401. The number of rotatable bonds is 5. The smallest absolute Gasteiger partial charge is 0.350 e. The molecule has 1 aromatic carbocycles. The molecule has 0 unspecified atom stereocenters. The highest BCUT2D eigenvalue weighted by atomic mass is 16.7. The Labute approximate surface area is 142 Å². The molecule has 3 N–H and O–H groups in total. The van der Waals surface area contributed by atoms with Gasteiger partial charge in [0.2, 0.25) is 0 Å². The molecule has 1 heterocycles. The number of amides is 1. The first kappa shape index (κ1) is 18.0. The number of hydrogen-bond donors (Lipinski definition) is 3. The second-order valence-corrected chi connectivity index (χ2v) is 5.50. The highest BCUT2D eigenvalue weighted by molar-refractivity contribution is 6.15. The third kappa shape index (κ3) is 4.56. The maximum absolute atomic E-state index is 12.0. The van der Waals surface area contributed by atoms with Gasteiger partial charge in [-0.2, -0.15) is 0 Å². The zero-order chi connectivity index (χ0) is 18.6. The van der Waals surface area contributed by atoms with Gasteiger partial charge >= 0.3 is 17.9 Å². The Morgan fingerprint density at radius 3 is 2.36 bits per heavy atom. The van der Waals surface area contributed by atoms with E-state index in [0.29, 0.717) is 0 Å².